The van der Waals surface area contributed by atoms with Crippen molar-refractivity contribution in [2.75, 3.05) is 6.54 Å². The van der Waals surface area contributed by atoms with Gasteiger partial charge in [0.2, 0.25) is 0 Å². The molecule has 2 atom stereocenters. The molecule has 1 heterocycles. The molecule has 29 heavy (non-hydrogen) atoms. The zero-order valence-electron chi connectivity index (χ0n) is 16.4. The highest BCUT2D eigenvalue weighted by Crippen LogP contribution is 2.27. The van der Waals surface area contributed by atoms with E-state index in [0.29, 0.717) is 17.9 Å². The Morgan fingerprint density at radius 2 is 1.83 bits per heavy atom. The molecule has 0 radical (unpaired) electrons. The third-order valence-electron chi connectivity index (χ3n) is 5.53. The van der Waals surface area contributed by atoms with E-state index in [2.05, 4.69) is 10.6 Å². The summed E-state index contributed by atoms with van der Waals surface area (Å²) >= 11 is 0. The Bertz CT molecular complexity index is 890. The Morgan fingerprint density at radius 3 is 2.62 bits per heavy atom. The number of carbonyl (C=O) groups excluding carboxylic acids is 2. The largest absolute Gasteiger partial charge is 0.483 e. The molecule has 2 aromatic carbocycles. The van der Waals surface area contributed by atoms with Gasteiger partial charge in [0.15, 0.2) is 5.76 Å². The van der Waals surface area contributed by atoms with Crippen molar-refractivity contribution in [3.8, 4) is 0 Å². The first-order valence-electron chi connectivity index (χ1n) is 10.3. The third-order valence-corrected chi connectivity index (χ3v) is 5.53. The van der Waals surface area contributed by atoms with Gasteiger partial charge in [0.25, 0.3) is 11.8 Å². The minimum Gasteiger partial charge on any atom is -0.483 e. The number of rotatable bonds is 5. The number of fused-ring (bicyclic) bond motifs is 1. The van der Waals surface area contributed by atoms with E-state index in [1.165, 1.54) is 5.56 Å². The first kappa shape index (κ1) is 19.2. The van der Waals surface area contributed by atoms with Crippen LogP contribution < -0.4 is 10.6 Å². The maximum absolute atomic E-state index is 12.3. The van der Waals surface area contributed by atoms with Crippen LogP contribution in [-0.2, 0) is 16.0 Å². The lowest BCUT2D eigenvalue weighted by atomic mass is 9.91. The normalized spacial score (nSPS) is 22.3. The van der Waals surface area contributed by atoms with E-state index in [1.54, 1.807) is 18.2 Å². The maximum Gasteiger partial charge on any atom is 0.286 e. The first-order valence-corrected chi connectivity index (χ1v) is 10.3. The molecule has 0 aromatic heterocycles. The van der Waals surface area contributed by atoms with E-state index in [1.807, 2.05) is 42.5 Å². The van der Waals surface area contributed by atoms with E-state index in [-0.39, 0.29) is 24.0 Å². The van der Waals surface area contributed by atoms with Crippen LogP contribution in [-0.4, -0.2) is 30.5 Å². The molecule has 5 heteroatoms. The van der Waals surface area contributed by atoms with E-state index >= 15 is 0 Å². The number of benzene rings is 2. The zero-order chi connectivity index (χ0) is 20.1. The van der Waals surface area contributed by atoms with Crippen molar-refractivity contribution in [3.63, 3.8) is 0 Å². The number of carbonyl (C=O) groups is 2. The molecule has 1 saturated carbocycles. The summed E-state index contributed by atoms with van der Waals surface area (Å²) in [5.41, 5.74) is 2.63. The Labute approximate surface area is 171 Å². The van der Waals surface area contributed by atoms with Gasteiger partial charge in [0, 0.05) is 12.1 Å². The summed E-state index contributed by atoms with van der Waals surface area (Å²) in [6, 6.07) is 17.4. The second kappa shape index (κ2) is 8.95. The van der Waals surface area contributed by atoms with E-state index < -0.39 is 0 Å². The fraction of sp³-hybridized carbons (Fsp3) is 0.333. The fourth-order valence-electron chi connectivity index (χ4n) is 3.91. The molecule has 2 N–H and O–H groups in total. The lowest BCUT2D eigenvalue weighted by Gasteiger charge is -2.37. The minimum atomic E-state index is -0.157. The fourth-order valence-corrected chi connectivity index (χ4v) is 3.91. The molecular weight excluding hydrogens is 364 g/mol. The van der Waals surface area contributed by atoms with Crippen molar-refractivity contribution < 1.29 is 14.3 Å². The van der Waals surface area contributed by atoms with Gasteiger partial charge in [-0.15, -0.1) is 0 Å². The molecule has 2 unspecified atom stereocenters. The van der Waals surface area contributed by atoms with Gasteiger partial charge in [0.1, 0.15) is 6.10 Å². The Morgan fingerprint density at radius 1 is 1.07 bits per heavy atom. The van der Waals surface area contributed by atoms with Crippen molar-refractivity contribution in [2.24, 2.45) is 0 Å². The summed E-state index contributed by atoms with van der Waals surface area (Å²) in [5.74, 6) is 0.0981. The second-order valence-corrected chi connectivity index (χ2v) is 7.64. The lowest BCUT2D eigenvalue weighted by Crippen LogP contribution is -2.51. The highest BCUT2D eigenvalue weighted by molar-refractivity contribution is 5.97. The summed E-state index contributed by atoms with van der Waals surface area (Å²) in [6.07, 6.45) is 6.85. The quantitative estimate of drug-likeness (QED) is 0.769. The number of hydrogen-bond donors (Lipinski definition) is 2. The predicted molar refractivity (Wildman–Crippen MR) is 112 cm³/mol. The van der Waals surface area contributed by atoms with Gasteiger partial charge in [-0.2, -0.15) is 0 Å². The van der Waals surface area contributed by atoms with E-state index in [0.717, 1.165) is 37.7 Å². The second-order valence-electron chi connectivity index (χ2n) is 7.64. The zero-order valence-corrected chi connectivity index (χ0v) is 16.4. The molecule has 1 saturated heterocycles. The smallest absolute Gasteiger partial charge is 0.286 e. The molecule has 1 aliphatic carbocycles. The topological polar surface area (TPSA) is 67.4 Å². The van der Waals surface area contributed by atoms with Crippen LogP contribution in [0.2, 0.25) is 0 Å². The molecule has 150 valence electrons. The molecule has 2 amide bonds. The molecule has 2 fully saturated rings. The lowest BCUT2D eigenvalue weighted by molar-refractivity contribution is -0.129. The van der Waals surface area contributed by atoms with Crippen molar-refractivity contribution in [1.29, 1.82) is 0 Å². The minimum absolute atomic E-state index is 0.0716. The number of nitrogens with one attached hydrogen (secondary N) is 2. The van der Waals surface area contributed by atoms with Gasteiger partial charge in [-0.1, -0.05) is 48.9 Å². The Kier molecular flexibility index (Phi) is 5.94. The molecule has 5 nitrogen and oxygen atoms in total. The number of morpholine rings is 1. The van der Waals surface area contributed by atoms with Crippen LogP contribution in [0.4, 0.5) is 0 Å². The number of ether oxygens (including phenoxy) is 1. The molecule has 4 rings (SSSR count). The standard InChI is InChI=1S/C24H26N2O3/c27-23(25-15-14-17-6-2-1-3-7-17)19-12-10-18(11-13-19)16-22-24(28)26-20-8-4-5-9-21(20)29-22/h1-3,6-7,10-13,16,20-21H,4-5,8-9,14-15H2,(H,25,27)(H,26,28)/b22-16+. The summed E-state index contributed by atoms with van der Waals surface area (Å²) in [5, 5.41) is 6.00. The van der Waals surface area contributed by atoms with Crippen LogP contribution in [0, 0.1) is 0 Å². The van der Waals surface area contributed by atoms with Gasteiger partial charge >= 0.3 is 0 Å². The summed E-state index contributed by atoms with van der Waals surface area (Å²) in [7, 11) is 0. The van der Waals surface area contributed by atoms with Gasteiger partial charge in [-0.25, -0.2) is 0 Å². The van der Waals surface area contributed by atoms with Gasteiger partial charge in [-0.3, -0.25) is 9.59 Å². The summed E-state index contributed by atoms with van der Waals surface area (Å²) in [4.78, 5) is 24.6. The van der Waals surface area contributed by atoms with E-state index in [4.69, 9.17) is 4.74 Å². The molecular formula is C24H26N2O3. The van der Waals surface area contributed by atoms with Crippen LogP contribution in [0.25, 0.3) is 6.08 Å². The SMILES string of the molecule is O=C1NC2CCCCC2O/C1=C/c1ccc(C(=O)NCCc2ccccc2)cc1. The Hall–Kier alpha value is -3.08. The highest BCUT2D eigenvalue weighted by Gasteiger charge is 2.34. The van der Waals surface area contributed by atoms with Gasteiger partial charge in [0.05, 0.1) is 6.04 Å². The highest BCUT2D eigenvalue weighted by atomic mass is 16.5. The maximum atomic E-state index is 12.3. The van der Waals surface area contributed by atoms with Crippen LogP contribution in [0.3, 0.4) is 0 Å². The average molecular weight is 390 g/mol. The van der Waals surface area contributed by atoms with Crippen molar-refractivity contribution >= 4 is 17.9 Å². The van der Waals surface area contributed by atoms with Crippen LogP contribution in [0.15, 0.2) is 60.4 Å². The number of amides is 2. The summed E-state index contributed by atoms with van der Waals surface area (Å²) < 4.78 is 5.95. The monoisotopic (exact) mass is 390 g/mol. The Balaban J connectivity index is 1.34. The van der Waals surface area contributed by atoms with Crippen molar-refractivity contribution in [1.82, 2.24) is 10.6 Å². The van der Waals surface area contributed by atoms with Crippen LogP contribution >= 0.6 is 0 Å². The van der Waals surface area contributed by atoms with Gasteiger partial charge in [-0.05, 0) is 55.0 Å². The molecule has 1 aliphatic heterocycles. The predicted octanol–water partition coefficient (Wildman–Crippen LogP) is 3.46. The summed E-state index contributed by atoms with van der Waals surface area (Å²) in [6.45, 7) is 0.589. The molecule has 2 aromatic rings. The average Bonchev–Trinajstić information content (AvgIpc) is 2.75. The molecule has 0 spiro atoms. The number of hydrogen-bond acceptors (Lipinski definition) is 3. The third kappa shape index (κ3) is 4.86. The van der Waals surface area contributed by atoms with Crippen LogP contribution in [0.5, 0.6) is 0 Å². The van der Waals surface area contributed by atoms with Crippen LogP contribution in [0.1, 0.15) is 47.2 Å². The first-order chi connectivity index (χ1) is 14.2. The molecule has 2 aliphatic rings. The van der Waals surface area contributed by atoms with Crippen molar-refractivity contribution in [2.45, 2.75) is 44.2 Å². The molecule has 0 bridgehead atoms. The van der Waals surface area contributed by atoms with Gasteiger partial charge < -0.3 is 15.4 Å². The van der Waals surface area contributed by atoms with Crippen molar-refractivity contribution in [3.05, 3.63) is 77.0 Å². The van der Waals surface area contributed by atoms with E-state index in [9.17, 15) is 9.59 Å².